The van der Waals surface area contributed by atoms with Gasteiger partial charge in [0.2, 0.25) is 0 Å². The van der Waals surface area contributed by atoms with Crippen LogP contribution in [0.25, 0.3) is 6.08 Å². The van der Waals surface area contributed by atoms with Crippen molar-refractivity contribution in [1.82, 2.24) is 5.32 Å². The lowest BCUT2D eigenvalue weighted by atomic mass is 10.1. The molecule has 0 saturated carbocycles. The minimum Gasteiger partial charge on any atom is -0.444 e. The molecule has 0 aliphatic heterocycles. The van der Waals surface area contributed by atoms with Crippen molar-refractivity contribution in [3.63, 3.8) is 0 Å². The molecule has 1 N–H and O–H groups in total. The number of nitrogens with one attached hydrogen (secondary N) is 1. The predicted molar refractivity (Wildman–Crippen MR) is 91.9 cm³/mol. The Morgan fingerprint density at radius 2 is 1.91 bits per heavy atom. The van der Waals surface area contributed by atoms with Crippen molar-refractivity contribution in [3.8, 4) is 0 Å². The summed E-state index contributed by atoms with van der Waals surface area (Å²) in [7, 11) is 0. The molecule has 0 bridgehead atoms. The van der Waals surface area contributed by atoms with Crippen molar-refractivity contribution in [2.75, 3.05) is 0 Å². The van der Waals surface area contributed by atoms with E-state index in [1.807, 2.05) is 80.8 Å². The summed E-state index contributed by atoms with van der Waals surface area (Å²) in [4.78, 5) is 13.1. The van der Waals surface area contributed by atoms with Gasteiger partial charge in [0.15, 0.2) is 0 Å². The lowest BCUT2D eigenvalue weighted by molar-refractivity contribution is 0.0515. The van der Waals surface area contributed by atoms with Crippen LogP contribution in [-0.4, -0.2) is 11.7 Å². The van der Waals surface area contributed by atoms with Gasteiger partial charge in [-0.05, 0) is 37.8 Å². The number of hydrogen-bond donors (Lipinski definition) is 1. The molecule has 0 saturated heterocycles. The number of amides is 1. The summed E-state index contributed by atoms with van der Waals surface area (Å²) in [6.07, 6.45) is 3.57. The second-order valence-electron chi connectivity index (χ2n) is 5.91. The van der Waals surface area contributed by atoms with Crippen LogP contribution in [0.3, 0.4) is 0 Å². The van der Waals surface area contributed by atoms with Crippen molar-refractivity contribution in [2.45, 2.75) is 32.4 Å². The minimum atomic E-state index is -0.507. The van der Waals surface area contributed by atoms with E-state index < -0.39 is 11.7 Å². The number of thiophene rings is 1. The van der Waals surface area contributed by atoms with Crippen LogP contribution in [0.4, 0.5) is 4.79 Å². The number of benzene rings is 1. The largest absolute Gasteiger partial charge is 0.444 e. The van der Waals surface area contributed by atoms with Gasteiger partial charge in [0.05, 0.1) is 6.04 Å². The highest BCUT2D eigenvalue weighted by molar-refractivity contribution is 7.10. The molecule has 0 aliphatic rings. The monoisotopic (exact) mass is 315 g/mol. The van der Waals surface area contributed by atoms with Gasteiger partial charge in [-0.1, -0.05) is 48.6 Å². The fraction of sp³-hybridized carbons (Fsp3) is 0.278. The van der Waals surface area contributed by atoms with Crippen LogP contribution in [0.15, 0.2) is 53.9 Å². The van der Waals surface area contributed by atoms with Crippen LogP contribution < -0.4 is 5.32 Å². The van der Waals surface area contributed by atoms with E-state index in [4.69, 9.17) is 4.74 Å². The first-order valence-electron chi connectivity index (χ1n) is 7.20. The standard InChI is InChI=1S/C18H21NO2S/c1-18(2,3)21-17(20)19-15(16-10-7-13-22-16)12-11-14-8-5-4-6-9-14/h4-13,15H,1-3H3,(H,19,20)/b12-11+. The normalized spacial score (nSPS) is 13.0. The molecule has 4 heteroatoms. The Balaban J connectivity index is 2.11. The molecule has 1 amide bonds. The van der Waals surface area contributed by atoms with Gasteiger partial charge in [0, 0.05) is 4.88 Å². The summed E-state index contributed by atoms with van der Waals surface area (Å²) in [6, 6.07) is 13.8. The molecule has 116 valence electrons. The van der Waals surface area contributed by atoms with Crippen molar-refractivity contribution >= 4 is 23.5 Å². The molecule has 0 fully saturated rings. The zero-order valence-corrected chi connectivity index (χ0v) is 13.9. The summed E-state index contributed by atoms with van der Waals surface area (Å²) in [5.41, 5.74) is 0.586. The van der Waals surface area contributed by atoms with Crippen molar-refractivity contribution in [1.29, 1.82) is 0 Å². The summed E-state index contributed by atoms with van der Waals surface area (Å²) < 4.78 is 5.34. The molecule has 1 atom stereocenters. The molecule has 1 heterocycles. The Morgan fingerprint density at radius 1 is 1.18 bits per heavy atom. The molecular weight excluding hydrogens is 294 g/mol. The molecule has 2 aromatic rings. The van der Waals surface area contributed by atoms with Crippen LogP contribution in [0, 0.1) is 0 Å². The van der Waals surface area contributed by atoms with Crippen LogP contribution in [0.1, 0.15) is 37.3 Å². The van der Waals surface area contributed by atoms with E-state index in [0.29, 0.717) is 0 Å². The van der Waals surface area contributed by atoms with E-state index in [2.05, 4.69) is 5.32 Å². The zero-order valence-electron chi connectivity index (χ0n) is 13.1. The SMILES string of the molecule is CC(C)(C)OC(=O)NC(/C=C/c1ccccc1)c1cccs1. The van der Waals surface area contributed by atoms with Crippen LogP contribution >= 0.6 is 11.3 Å². The van der Waals surface area contributed by atoms with Crippen molar-refractivity contribution in [2.24, 2.45) is 0 Å². The highest BCUT2D eigenvalue weighted by Gasteiger charge is 2.19. The van der Waals surface area contributed by atoms with E-state index in [0.717, 1.165) is 10.4 Å². The Hall–Kier alpha value is -2.07. The van der Waals surface area contributed by atoms with Crippen molar-refractivity contribution < 1.29 is 9.53 Å². The summed E-state index contributed by atoms with van der Waals surface area (Å²) in [5.74, 6) is 0. The Morgan fingerprint density at radius 3 is 2.50 bits per heavy atom. The third-order valence-corrected chi connectivity index (χ3v) is 3.76. The quantitative estimate of drug-likeness (QED) is 0.859. The number of carbonyl (C=O) groups is 1. The highest BCUT2D eigenvalue weighted by Crippen LogP contribution is 2.22. The fourth-order valence-corrected chi connectivity index (χ4v) is 2.64. The molecule has 3 nitrogen and oxygen atoms in total. The molecule has 22 heavy (non-hydrogen) atoms. The molecule has 1 aromatic carbocycles. The average molecular weight is 315 g/mol. The number of rotatable bonds is 4. The first-order chi connectivity index (χ1) is 10.4. The van der Waals surface area contributed by atoms with Gasteiger partial charge in [-0.3, -0.25) is 0 Å². The number of hydrogen-bond acceptors (Lipinski definition) is 3. The Kier molecular flexibility index (Phi) is 5.39. The first kappa shape index (κ1) is 16.3. The zero-order chi connectivity index (χ0) is 16.0. The van der Waals surface area contributed by atoms with Crippen LogP contribution in [0.5, 0.6) is 0 Å². The van der Waals surface area contributed by atoms with Gasteiger partial charge >= 0.3 is 6.09 Å². The molecule has 0 aliphatic carbocycles. The number of ether oxygens (including phenoxy) is 1. The molecular formula is C18H21NO2S. The van der Waals surface area contributed by atoms with E-state index in [1.54, 1.807) is 11.3 Å². The van der Waals surface area contributed by atoms with Crippen molar-refractivity contribution in [3.05, 3.63) is 64.4 Å². The summed E-state index contributed by atoms with van der Waals surface area (Å²) in [6.45, 7) is 5.56. The lowest BCUT2D eigenvalue weighted by Gasteiger charge is -2.22. The lowest BCUT2D eigenvalue weighted by Crippen LogP contribution is -2.34. The molecule has 1 aromatic heterocycles. The molecule has 1 unspecified atom stereocenters. The molecule has 0 radical (unpaired) electrons. The Labute approximate surface area is 135 Å². The maximum atomic E-state index is 12.0. The maximum absolute atomic E-state index is 12.0. The van der Waals surface area contributed by atoms with E-state index in [9.17, 15) is 4.79 Å². The van der Waals surface area contributed by atoms with Crippen LogP contribution in [0.2, 0.25) is 0 Å². The van der Waals surface area contributed by atoms with Gasteiger partial charge in [0.1, 0.15) is 5.60 Å². The van der Waals surface area contributed by atoms with Gasteiger partial charge < -0.3 is 10.1 Å². The van der Waals surface area contributed by atoms with E-state index in [-0.39, 0.29) is 6.04 Å². The smallest absolute Gasteiger partial charge is 0.408 e. The summed E-state index contributed by atoms with van der Waals surface area (Å²) in [5, 5.41) is 4.90. The molecule has 2 rings (SSSR count). The van der Waals surface area contributed by atoms with E-state index in [1.165, 1.54) is 0 Å². The third kappa shape index (κ3) is 5.37. The predicted octanol–water partition coefficient (Wildman–Crippen LogP) is 5.03. The minimum absolute atomic E-state index is 0.199. The number of carbonyl (C=O) groups excluding carboxylic acids is 1. The topological polar surface area (TPSA) is 38.3 Å². The number of alkyl carbamates (subject to hydrolysis) is 1. The first-order valence-corrected chi connectivity index (χ1v) is 8.08. The fourth-order valence-electron chi connectivity index (χ4n) is 1.89. The van der Waals surface area contributed by atoms with Gasteiger partial charge in [-0.2, -0.15) is 0 Å². The average Bonchev–Trinajstić information content (AvgIpc) is 2.96. The summed E-state index contributed by atoms with van der Waals surface area (Å²) >= 11 is 1.60. The van der Waals surface area contributed by atoms with Gasteiger partial charge in [0.25, 0.3) is 0 Å². The maximum Gasteiger partial charge on any atom is 0.408 e. The molecule has 0 spiro atoms. The third-order valence-electron chi connectivity index (χ3n) is 2.80. The second-order valence-corrected chi connectivity index (χ2v) is 6.89. The Bertz CT molecular complexity index is 612. The highest BCUT2D eigenvalue weighted by atomic mass is 32.1. The second kappa shape index (κ2) is 7.27. The van der Waals surface area contributed by atoms with Gasteiger partial charge in [-0.25, -0.2) is 4.79 Å². The van der Waals surface area contributed by atoms with Gasteiger partial charge in [-0.15, -0.1) is 11.3 Å². The van der Waals surface area contributed by atoms with E-state index >= 15 is 0 Å². The van der Waals surface area contributed by atoms with Crippen LogP contribution in [-0.2, 0) is 4.74 Å².